The topological polar surface area (TPSA) is 56.4 Å². The van der Waals surface area contributed by atoms with Crippen molar-refractivity contribution in [1.82, 2.24) is 0 Å². The molecular formula is C12H13NO3. The van der Waals surface area contributed by atoms with Crippen molar-refractivity contribution in [3.05, 3.63) is 35.2 Å². The number of rotatable bonds is 2. The Morgan fingerprint density at radius 3 is 2.81 bits per heavy atom. The van der Waals surface area contributed by atoms with Gasteiger partial charge in [-0.05, 0) is 19.1 Å². The predicted octanol–water partition coefficient (Wildman–Crippen LogP) is 1.89. The molecule has 0 fully saturated rings. The van der Waals surface area contributed by atoms with E-state index in [0.717, 1.165) is 4.73 Å². The molecule has 0 unspecified atom stereocenters. The highest BCUT2D eigenvalue weighted by Gasteiger charge is 2.12. The Labute approximate surface area is 93.3 Å². The molecule has 2 rings (SSSR count). The van der Waals surface area contributed by atoms with Gasteiger partial charge in [-0.25, -0.2) is 0 Å². The Kier molecular flexibility index (Phi) is 2.56. The summed E-state index contributed by atoms with van der Waals surface area (Å²) in [4.78, 5) is 0. The van der Waals surface area contributed by atoms with E-state index in [2.05, 4.69) is 0 Å². The number of aromatic nitrogens is 1. The largest absolute Gasteiger partial charge is 0.618 e. The van der Waals surface area contributed by atoms with Gasteiger partial charge in [0.2, 0.25) is 5.52 Å². The maximum Gasteiger partial charge on any atom is 0.227 e. The van der Waals surface area contributed by atoms with Crippen molar-refractivity contribution in [2.75, 3.05) is 6.61 Å². The molecule has 1 aromatic carbocycles. The smallest absolute Gasteiger partial charge is 0.227 e. The van der Waals surface area contributed by atoms with Crippen LogP contribution in [0.5, 0.6) is 11.5 Å². The van der Waals surface area contributed by atoms with Gasteiger partial charge in [-0.1, -0.05) is 0 Å². The van der Waals surface area contributed by atoms with Crippen LogP contribution in [-0.2, 0) is 0 Å². The van der Waals surface area contributed by atoms with E-state index in [0.29, 0.717) is 29.0 Å². The summed E-state index contributed by atoms with van der Waals surface area (Å²) in [5.74, 6) is 0.746. The first-order valence-corrected chi connectivity index (χ1v) is 5.12. The molecule has 0 spiro atoms. The summed E-state index contributed by atoms with van der Waals surface area (Å²) < 4.78 is 6.11. The molecule has 0 amide bonds. The molecular weight excluding hydrogens is 206 g/mol. The van der Waals surface area contributed by atoms with Gasteiger partial charge < -0.3 is 15.1 Å². The van der Waals surface area contributed by atoms with Crippen LogP contribution in [-0.4, -0.2) is 11.7 Å². The second-order valence-electron chi connectivity index (χ2n) is 3.58. The van der Waals surface area contributed by atoms with Crippen molar-refractivity contribution < 1.29 is 14.6 Å². The van der Waals surface area contributed by atoms with E-state index >= 15 is 0 Å². The van der Waals surface area contributed by atoms with Crippen molar-refractivity contribution >= 4 is 10.9 Å². The molecule has 4 heteroatoms. The number of hydrogen-bond acceptors (Lipinski definition) is 3. The van der Waals surface area contributed by atoms with E-state index in [1.54, 1.807) is 25.1 Å². The normalized spacial score (nSPS) is 10.6. The molecule has 1 heterocycles. The third kappa shape index (κ3) is 1.62. The van der Waals surface area contributed by atoms with Crippen LogP contribution < -0.4 is 9.47 Å². The van der Waals surface area contributed by atoms with Gasteiger partial charge in [-0.2, -0.15) is 4.73 Å². The van der Waals surface area contributed by atoms with Crippen LogP contribution in [0.4, 0.5) is 0 Å². The second kappa shape index (κ2) is 3.89. The Balaban J connectivity index is 2.69. The SMILES string of the molecule is CCOc1ccc2c(c1)c(O)cc(C)[n+]2[O-]. The molecule has 16 heavy (non-hydrogen) atoms. The Morgan fingerprint density at radius 1 is 1.38 bits per heavy atom. The van der Waals surface area contributed by atoms with Crippen molar-refractivity contribution in [2.45, 2.75) is 13.8 Å². The van der Waals surface area contributed by atoms with Crippen molar-refractivity contribution in [3.8, 4) is 11.5 Å². The fourth-order valence-electron chi connectivity index (χ4n) is 1.68. The zero-order chi connectivity index (χ0) is 11.7. The third-order valence-electron chi connectivity index (χ3n) is 2.44. The average molecular weight is 219 g/mol. The first-order valence-electron chi connectivity index (χ1n) is 5.12. The molecule has 0 aliphatic carbocycles. The molecule has 0 aliphatic heterocycles. The summed E-state index contributed by atoms with van der Waals surface area (Å²) >= 11 is 0. The van der Waals surface area contributed by atoms with Crippen molar-refractivity contribution in [3.63, 3.8) is 0 Å². The lowest BCUT2D eigenvalue weighted by atomic mass is 10.1. The molecule has 0 saturated carbocycles. The van der Waals surface area contributed by atoms with E-state index in [9.17, 15) is 10.3 Å². The predicted molar refractivity (Wildman–Crippen MR) is 60.5 cm³/mol. The minimum Gasteiger partial charge on any atom is -0.618 e. The number of benzene rings is 1. The number of aryl methyl sites for hydroxylation is 1. The van der Waals surface area contributed by atoms with Gasteiger partial charge in [0, 0.05) is 19.1 Å². The lowest BCUT2D eigenvalue weighted by molar-refractivity contribution is -0.584. The fourth-order valence-corrected chi connectivity index (χ4v) is 1.68. The standard InChI is InChI=1S/C12H13NO3/c1-3-16-9-4-5-11-10(7-9)12(14)6-8(2)13(11)15/h4-7,14H,3H2,1-2H3. The van der Waals surface area contributed by atoms with Gasteiger partial charge in [0.25, 0.3) is 0 Å². The highest BCUT2D eigenvalue weighted by molar-refractivity contribution is 5.83. The molecule has 84 valence electrons. The monoisotopic (exact) mass is 219 g/mol. The van der Waals surface area contributed by atoms with E-state index in [1.807, 2.05) is 6.92 Å². The Hall–Kier alpha value is -1.97. The maximum atomic E-state index is 11.7. The molecule has 0 radical (unpaired) electrons. The molecule has 0 atom stereocenters. The summed E-state index contributed by atoms with van der Waals surface area (Å²) in [6.45, 7) is 4.09. The van der Waals surface area contributed by atoms with Gasteiger partial charge >= 0.3 is 0 Å². The average Bonchev–Trinajstić information content (AvgIpc) is 2.27. The van der Waals surface area contributed by atoms with E-state index in [-0.39, 0.29) is 5.75 Å². The van der Waals surface area contributed by atoms with E-state index < -0.39 is 0 Å². The van der Waals surface area contributed by atoms with Crippen LogP contribution >= 0.6 is 0 Å². The highest BCUT2D eigenvalue weighted by Crippen LogP contribution is 2.26. The number of nitrogens with zero attached hydrogens (tertiary/aromatic N) is 1. The molecule has 1 aromatic heterocycles. The lowest BCUT2D eigenvalue weighted by Crippen LogP contribution is -2.30. The maximum absolute atomic E-state index is 11.7. The van der Waals surface area contributed by atoms with Crippen LogP contribution in [0.3, 0.4) is 0 Å². The molecule has 0 bridgehead atoms. The van der Waals surface area contributed by atoms with Crippen LogP contribution in [0.15, 0.2) is 24.3 Å². The number of ether oxygens (including phenoxy) is 1. The minimum atomic E-state index is 0.0983. The lowest BCUT2D eigenvalue weighted by Gasteiger charge is -2.08. The summed E-state index contributed by atoms with van der Waals surface area (Å²) in [6.07, 6.45) is 0. The van der Waals surface area contributed by atoms with Crippen LogP contribution in [0.2, 0.25) is 0 Å². The molecule has 0 aliphatic rings. The van der Waals surface area contributed by atoms with E-state index in [1.165, 1.54) is 6.07 Å². The Bertz CT molecular complexity index is 537. The first-order chi connectivity index (χ1) is 7.63. The zero-order valence-corrected chi connectivity index (χ0v) is 9.23. The molecule has 1 N–H and O–H groups in total. The summed E-state index contributed by atoms with van der Waals surface area (Å²) in [7, 11) is 0. The van der Waals surface area contributed by atoms with Gasteiger partial charge in [0.05, 0.1) is 12.0 Å². The fraction of sp³-hybridized carbons (Fsp3) is 0.250. The van der Waals surface area contributed by atoms with E-state index in [4.69, 9.17) is 4.74 Å². The van der Waals surface area contributed by atoms with Crippen LogP contribution in [0, 0.1) is 12.1 Å². The molecule has 4 nitrogen and oxygen atoms in total. The first kappa shape index (κ1) is 10.5. The number of pyridine rings is 1. The van der Waals surface area contributed by atoms with Gasteiger partial charge in [-0.3, -0.25) is 0 Å². The second-order valence-corrected chi connectivity index (χ2v) is 3.58. The minimum absolute atomic E-state index is 0.0983. The Morgan fingerprint density at radius 2 is 2.12 bits per heavy atom. The number of hydrogen-bond donors (Lipinski definition) is 1. The molecule has 2 aromatic rings. The van der Waals surface area contributed by atoms with Crippen molar-refractivity contribution in [2.24, 2.45) is 0 Å². The van der Waals surface area contributed by atoms with Crippen LogP contribution in [0.25, 0.3) is 10.9 Å². The third-order valence-corrected chi connectivity index (χ3v) is 2.44. The van der Waals surface area contributed by atoms with Crippen LogP contribution in [0.1, 0.15) is 12.6 Å². The van der Waals surface area contributed by atoms with Gasteiger partial charge in [0.1, 0.15) is 11.5 Å². The summed E-state index contributed by atoms with van der Waals surface area (Å²) in [5, 5.41) is 22.0. The number of fused-ring (bicyclic) bond motifs is 1. The molecule has 0 saturated heterocycles. The van der Waals surface area contributed by atoms with Gasteiger partial charge in [-0.15, -0.1) is 0 Å². The summed E-state index contributed by atoms with van der Waals surface area (Å²) in [5.41, 5.74) is 0.912. The number of aromatic hydroxyl groups is 1. The zero-order valence-electron chi connectivity index (χ0n) is 9.23. The van der Waals surface area contributed by atoms with Crippen molar-refractivity contribution in [1.29, 1.82) is 0 Å². The summed E-state index contributed by atoms with van der Waals surface area (Å²) in [6, 6.07) is 6.49. The highest BCUT2D eigenvalue weighted by atomic mass is 16.5. The van der Waals surface area contributed by atoms with Gasteiger partial charge in [0.15, 0.2) is 5.69 Å². The quantitative estimate of drug-likeness (QED) is 0.619.